The van der Waals surface area contributed by atoms with Gasteiger partial charge in [0.05, 0.1) is 12.9 Å². The molecule has 0 saturated carbocycles. The maximum Gasteiger partial charge on any atom is 0.459 e. The first-order chi connectivity index (χ1) is 25.1. The number of terminal acetylenes is 1. The van der Waals surface area contributed by atoms with Gasteiger partial charge in [0.15, 0.2) is 22.6 Å². The SMILES string of the molecule is C#C[C@]1(COP(=O)(N[C@@H](Cc2ccccc2)C(=O)OCCCCCCCCCC)Oc2ccccc2)O[C@@H](n2cnc3c(N)nc(F)nc32)C[C@@H]1O. The van der Waals surface area contributed by atoms with E-state index in [9.17, 15) is 18.9 Å². The van der Waals surface area contributed by atoms with Gasteiger partial charge >= 0.3 is 19.8 Å². The topological polar surface area (TPSA) is 173 Å². The molecule has 4 aromatic rings. The minimum Gasteiger partial charge on any atom is -0.465 e. The zero-order valence-electron chi connectivity index (χ0n) is 29.2. The van der Waals surface area contributed by atoms with Crippen molar-refractivity contribution in [2.24, 2.45) is 0 Å². The van der Waals surface area contributed by atoms with Gasteiger partial charge in [-0.05, 0) is 30.5 Å². The van der Waals surface area contributed by atoms with Crippen LogP contribution in [0.1, 0.15) is 76.5 Å². The third-order valence-electron chi connectivity index (χ3n) is 8.83. The largest absolute Gasteiger partial charge is 0.465 e. The molecule has 1 aliphatic rings. The number of hydrogen-bond donors (Lipinski definition) is 3. The number of rotatable bonds is 20. The lowest BCUT2D eigenvalue weighted by Crippen LogP contribution is -2.44. The third kappa shape index (κ3) is 10.1. The predicted octanol–water partition coefficient (Wildman–Crippen LogP) is 6.29. The molecule has 5 rings (SSSR count). The van der Waals surface area contributed by atoms with Crippen LogP contribution < -0.4 is 15.3 Å². The summed E-state index contributed by atoms with van der Waals surface area (Å²) in [4.78, 5) is 25.0. The van der Waals surface area contributed by atoms with Gasteiger partial charge in [0, 0.05) is 6.42 Å². The van der Waals surface area contributed by atoms with Crippen LogP contribution in [-0.4, -0.2) is 61.6 Å². The van der Waals surface area contributed by atoms with Crippen molar-refractivity contribution < 1.29 is 37.4 Å². The molecule has 0 aliphatic carbocycles. The summed E-state index contributed by atoms with van der Waals surface area (Å²) < 4.78 is 53.7. The zero-order chi connectivity index (χ0) is 37.0. The van der Waals surface area contributed by atoms with Crippen molar-refractivity contribution in [3.05, 3.63) is 78.6 Å². The number of fused-ring (bicyclic) bond motifs is 1. The van der Waals surface area contributed by atoms with E-state index in [0.717, 1.165) is 24.8 Å². The average molecular weight is 737 g/mol. The summed E-state index contributed by atoms with van der Waals surface area (Å²) in [6.07, 6.45) is 12.6. The van der Waals surface area contributed by atoms with Crippen molar-refractivity contribution in [3.8, 4) is 18.1 Å². The van der Waals surface area contributed by atoms with Gasteiger partial charge in [0.2, 0.25) is 0 Å². The summed E-state index contributed by atoms with van der Waals surface area (Å²) in [7, 11) is -4.46. The number of anilines is 1. The molecular formula is C37H46FN6O7P. The van der Waals surface area contributed by atoms with Crippen LogP contribution in [0.5, 0.6) is 5.75 Å². The van der Waals surface area contributed by atoms with Crippen LogP contribution in [0.2, 0.25) is 0 Å². The minimum absolute atomic E-state index is 0.0323. The number of nitrogen functional groups attached to an aromatic ring is 1. The first-order valence-corrected chi connectivity index (χ1v) is 19.2. The Morgan fingerprint density at radius 2 is 1.79 bits per heavy atom. The molecule has 52 heavy (non-hydrogen) atoms. The fraction of sp³-hybridized carbons (Fsp3) is 0.459. The van der Waals surface area contributed by atoms with Gasteiger partial charge in [-0.1, -0.05) is 106 Å². The summed E-state index contributed by atoms with van der Waals surface area (Å²) in [6, 6.07) is 16.3. The lowest BCUT2D eigenvalue weighted by atomic mass is 9.99. The maximum atomic E-state index is 14.6. The van der Waals surface area contributed by atoms with E-state index in [1.807, 2.05) is 30.3 Å². The number of hydrogen-bond acceptors (Lipinski definition) is 11. The van der Waals surface area contributed by atoms with Crippen molar-refractivity contribution in [3.63, 3.8) is 0 Å². The number of aliphatic hydroxyl groups is 1. The summed E-state index contributed by atoms with van der Waals surface area (Å²) in [5.41, 5.74) is 4.92. The Bertz CT molecular complexity index is 1840. The lowest BCUT2D eigenvalue weighted by Gasteiger charge is -2.30. The van der Waals surface area contributed by atoms with Crippen LogP contribution in [-0.2, 0) is 29.8 Å². The number of aromatic nitrogens is 4. The van der Waals surface area contributed by atoms with Gasteiger partial charge in [0.1, 0.15) is 30.7 Å². The maximum absolute atomic E-state index is 14.6. The number of para-hydroxylation sites is 1. The monoisotopic (exact) mass is 736 g/mol. The normalized spacial score (nSPS) is 20.3. The van der Waals surface area contributed by atoms with Gasteiger partial charge in [-0.15, -0.1) is 6.42 Å². The van der Waals surface area contributed by atoms with E-state index < -0.39 is 50.4 Å². The first kappa shape index (κ1) is 38.8. The standard InChI is InChI=1S/C37H46FN6O7P/c1-3-5-6-7-8-9-10-17-22-48-35(46)29(23-27-18-13-11-14-19-27)43-52(47,51-28-20-15-12-16-21-28)49-25-37(4-2)30(45)24-31(50-37)44-26-40-32-33(39)41-36(38)42-34(32)44/h2,11-16,18-21,26,29-31,45H,3,5-10,17,22-25H2,1H3,(H,43,47)(H2,39,41,42)/t29-,30-,31+,37+,52?/m0/s1. The van der Waals surface area contributed by atoms with Crippen molar-refractivity contribution in [1.82, 2.24) is 24.6 Å². The number of unbranched alkanes of at least 4 members (excludes halogenated alkanes) is 7. The van der Waals surface area contributed by atoms with Crippen LogP contribution >= 0.6 is 7.75 Å². The second-order valence-electron chi connectivity index (χ2n) is 12.7. The van der Waals surface area contributed by atoms with Gasteiger partial charge in [0.25, 0.3) is 0 Å². The van der Waals surface area contributed by atoms with Crippen molar-refractivity contribution in [2.45, 2.75) is 95.1 Å². The number of ether oxygens (including phenoxy) is 2. The highest BCUT2D eigenvalue weighted by atomic mass is 31.2. The first-order valence-electron chi connectivity index (χ1n) is 17.6. The molecule has 15 heteroatoms. The number of halogens is 1. The van der Waals surface area contributed by atoms with E-state index >= 15 is 0 Å². The molecule has 1 fully saturated rings. The molecular weight excluding hydrogens is 690 g/mol. The molecule has 0 spiro atoms. The summed E-state index contributed by atoms with van der Waals surface area (Å²) >= 11 is 0. The molecule has 4 N–H and O–H groups in total. The van der Waals surface area contributed by atoms with Gasteiger partial charge in [-0.2, -0.15) is 19.4 Å². The fourth-order valence-electron chi connectivity index (χ4n) is 5.97. The summed E-state index contributed by atoms with van der Waals surface area (Å²) in [5.74, 6) is 1.83. The number of esters is 1. The number of benzene rings is 2. The molecule has 0 bridgehead atoms. The van der Waals surface area contributed by atoms with E-state index in [1.165, 1.54) is 36.6 Å². The van der Waals surface area contributed by atoms with Crippen molar-refractivity contribution in [1.29, 1.82) is 0 Å². The molecule has 1 aliphatic heterocycles. The highest BCUT2D eigenvalue weighted by Gasteiger charge is 2.50. The lowest BCUT2D eigenvalue weighted by molar-refractivity contribution is -0.146. The number of carbonyl (C=O) groups is 1. The van der Waals surface area contributed by atoms with E-state index in [2.05, 4.69) is 32.9 Å². The quantitative estimate of drug-likeness (QED) is 0.0305. The van der Waals surface area contributed by atoms with E-state index in [-0.39, 0.29) is 42.2 Å². The fourth-order valence-corrected chi connectivity index (χ4v) is 7.49. The predicted molar refractivity (Wildman–Crippen MR) is 193 cm³/mol. The van der Waals surface area contributed by atoms with Crippen LogP contribution in [0.15, 0.2) is 67.0 Å². The van der Waals surface area contributed by atoms with Gasteiger partial charge in [-0.25, -0.2) is 9.55 Å². The highest BCUT2D eigenvalue weighted by molar-refractivity contribution is 7.52. The minimum atomic E-state index is -4.46. The number of imidazole rings is 1. The van der Waals surface area contributed by atoms with Gasteiger partial charge < -0.3 is 24.8 Å². The van der Waals surface area contributed by atoms with Crippen LogP contribution in [0.4, 0.5) is 10.2 Å². The van der Waals surface area contributed by atoms with Crippen LogP contribution in [0.3, 0.4) is 0 Å². The Kier molecular flexibility index (Phi) is 13.7. The molecule has 5 atom stereocenters. The molecule has 0 amide bonds. The second kappa shape index (κ2) is 18.4. The Morgan fingerprint density at radius 3 is 2.48 bits per heavy atom. The number of nitrogens with one attached hydrogen (secondary N) is 1. The number of nitrogens with two attached hydrogens (primary N) is 1. The molecule has 13 nitrogen and oxygen atoms in total. The Hall–Kier alpha value is -4.38. The smallest absolute Gasteiger partial charge is 0.459 e. The van der Waals surface area contributed by atoms with E-state index in [4.69, 9.17) is 30.7 Å². The molecule has 2 aromatic carbocycles. The Morgan fingerprint density at radius 1 is 1.12 bits per heavy atom. The van der Waals surface area contributed by atoms with Crippen LogP contribution in [0, 0.1) is 18.4 Å². The van der Waals surface area contributed by atoms with Gasteiger partial charge in [-0.3, -0.25) is 13.9 Å². The number of carbonyl (C=O) groups excluding carboxylic acids is 1. The average Bonchev–Trinajstić information content (AvgIpc) is 3.71. The van der Waals surface area contributed by atoms with Crippen LogP contribution in [0.25, 0.3) is 11.2 Å². The van der Waals surface area contributed by atoms with E-state index in [1.54, 1.807) is 30.3 Å². The number of nitrogens with zero attached hydrogens (tertiary/aromatic N) is 4. The molecule has 0 radical (unpaired) electrons. The summed E-state index contributed by atoms with van der Waals surface area (Å²) in [5, 5.41) is 14.0. The van der Waals surface area contributed by atoms with Crippen molar-refractivity contribution in [2.75, 3.05) is 18.9 Å². The molecule has 2 aromatic heterocycles. The summed E-state index contributed by atoms with van der Waals surface area (Å²) in [6.45, 7) is 1.77. The number of aliphatic hydroxyl groups excluding tert-OH is 1. The molecule has 278 valence electrons. The second-order valence-corrected chi connectivity index (χ2v) is 14.4. The van der Waals surface area contributed by atoms with E-state index in [0.29, 0.717) is 6.42 Å². The van der Waals surface area contributed by atoms with Crippen molar-refractivity contribution >= 4 is 30.7 Å². The molecule has 1 saturated heterocycles. The highest BCUT2D eigenvalue weighted by Crippen LogP contribution is 2.48. The Labute approximate surface area is 303 Å². The third-order valence-corrected chi connectivity index (χ3v) is 10.4. The molecule has 1 unspecified atom stereocenters. The Balaban J connectivity index is 1.32. The zero-order valence-corrected chi connectivity index (χ0v) is 30.1. The molecule has 3 heterocycles.